The SMILES string of the molecule is C1=CC(Cc2cccnc2)CC1. The molecule has 1 aromatic heterocycles. The van der Waals surface area contributed by atoms with Crippen LogP contribution in [0.5, 0.6) is 0 Å². The molecular formula is C11H13N. The molecule has 0 aliphatic heterocycles. The first-order valence-corrected chi connectivity index (χ1v) is 4.51. The zero-order valence-corrected chi connectivity index (χ0v) is 7.11. The molecule has 1 aromatic rings. The average molecular weight is 159 g/mol. The van der Waals surface area contributed by atoms with E-state index in [0.717, 1.165) is 12.3 Å². The van der Waals surface area contributed by atoms with Crippen LogP contribution in [-0.2, 0) is 6.42 Å². The Balaban J connectivity index is 1.99. The first-order valence-electron chi connectivity index (χ1n) is 4.51. The van der Waals surface area contributed by atoms with Gasteiger partial charge in [0.25, 0.3) is 0 Å². The summed E-state index contributed by atoms with van der Waals surface area (Å²) >= 11 is 0. The average Bonchev–Trinajstić information content (AvgIpc) is 2.59. The van der Waals surface area contributed by atoms with Crippen LogP contribution in [0.15, 0.2) is 36.7 Å². The molecule has 12 heavy (non-hydrogen) atoms. The third-order valence-corrected chi connectivity index (χ3v) is 2.33. The number of rotatable bonds is 2. The Bertz CT molecular complexity index is 264. The van der Waals surface area contributed by atoms with Crippen LogP contribution in [0.3, 0.4) is 0 Å². The topological polar surface area (TPSA) is 12.9 Å². The summed E-state index contributed by atoms with van der Waals surface area (Å²) < 4.78 is 0. The Hall–Kier alpha value is -1.11. The van der Waals surface area contributed by atoms with Crippen LogP contribution in [0.4, 0.5) is 0 Å². The number of hydrogen-bond donors (Lipinski definition) is 0. The maximum atomic E-state index is 4.10. The van der Waals surface area contributed by atoms with Gasteiger partial charge in [-0.05, 0) is 36.8 Å². The predicted octanol–water partition coefficient (Wildman–Crippen LogP) is 2.59. The molecule has 1 nitrogen and oxygen atoms in total. The van der Waals surface area contributed by atoms with Crippen LogP contribution in [0.1, 0.15) is 18.4 Å². The smallest absolute Gasteiger partial charge is 0.0300 e. The van der Waals surface area contributed by atoms with Gasteiger partial charge in [0.2, 0.25) is 0 Å². The van der Waals surface area contributed by atoms with Gasteiger partial charge in [-0.3, -0.25) is 4.98 Å². The van der Waals surface area contributed by atoms with E-state index in [4.69, 9.17) is 0 Å². The van der Waals surface area contributed by atoms with E-state index in [0.29, 0.717) is 0 Å². The maximum Gasteiger partial charge on any atom is 0.0300 e. The fraction of sp³-hybridized carbons (Fsp3) is 0.364. The van der Waals surface area contributed by atoms with Gasteiger partial charge >= 0.3 is 0 Å². The molecular weight excluding hydrogens is 146 g/mol. The molecule has 0 bridgehead atoms. The molecule has 0 aromatic carbocycles. The molecule has 0 saturated heterocycles. The minimum absolute atomic E-state index is 0.759. The van der Waals surface area contributed by atoms with Crippen molar-refractivity contribution in [2.75, 3.05) is 0 Å². The summed E-state index contributed by atoms with van der Waals surface area (Å²) in [5.74, 6) is 0.759. The summed E-state index contributed by atoms with van der Waals surface area (Å²) in [5.41, 5.74) is 1.36. The van der Waals surface area contributed by atoms with Crippen LogP contribution in [0.2, 0.25) is 0 Å². The van der Waals surface area contributed by atoms with Gasteiger partial charge in [-0.1, -0.05) is 18.2 Å². The number of allylic oxidation sites excluding steroid dienone is 2. The van der Waals surface area contributed by atoms with Crippen LogP contribution < -0.4 is 0 Å². The van der Waals surface area contributed by atoms with Crippen LogP contribution in [0, 0.1) is 5.92 Å². The summed E-state index contributed by atoms with van der Waals surface area (Å²) in [7, 11) is 0. The van der Waals surface area contributed by atoms with Crippen molar-refractivity contribution < 1.29 is 0 Å². The highest BCUT2D eigenvalue weighted by Gasteiger charge is 2.09. The molecule has 1 aliphatic carbocycles. The van der Waals surface area contributed by atoms with Crippen LogP contribution in [0.25, 0.3) is 0 Å². The van der Waals surface area contributed by atoms with Crippen molar-refractivity contribution in [2.45, 2.75) is 19.3 Å². The van der Waals surface area contributed by atoms with Gasteiger partial charge in [0, 0.05) is 12.4 Å². The Labute approximate surface area is 73.1 Å². The number of pyridine rings is 1. The van der Waals surface area contributed by atoms with E-state index >= 15 is 0 Å². The molecule has 1 aliphatic rings. The van der Waals surface area contributed by atoms with Gasteiger partial charge in [-0.2, -0.15) is 0 Å². The first-order chi connectivity index (χ1) is 5.95. The van der Waals surface area contributed by atoms with E-state index in [-0.39, 0.29) is 0 Å². The van der Waals surface area contributed by atoms with Crippen molar-refractivity contribution in [1.82, 2.24) is 4.98 Å². The van der Waals surface area contributed by atoms with E-state index in [1.807, 2.05) is 18.5 Å². The molecule has 0 fully saturated rings. The summed E-state index contributed by atoms with van der Waals surface area (Å²) in [5, 5.41) is 0. The van der Waals surface area contributed by atoms with E-state index < -0.39 is 0 Å². The van der Waals surface area contributed by atoms with Gasteiger partial charge in [0.15, 0.2) is 0 Å². The van der Waals surface area contributed by atoms with Crippen molar-refractivity contribution in [3.8, 4) is 0 Å². The lowest BCUT2D eigenvalue weighted by Crippen LogP contribution is -1.97. The van der Waals surface area contributed by atoms with Gasteiger partial charge in [-0.15, -0.1) is 0 Å². The lowest BCUT2D eigenvalue weighted by atomic mass is 10.0. The van der Waals surface area contributed by atoms with E-state index in [2.05, 4.69) is 23.2 Å². The van der Waals surface area contributed by atoms with Crippen molar-refractivity contribution >= 4 is 0 Å². The standard InChI is InChI=1S/C11H13N/c1-2-5-10(4-1)8-11-6-3-7-12-9-11/h1,3-4,6-7,9-10H,2,5,8H2. The van der Waals surface area contributed by atoms with Crippen molar-refractivity contribution in [3.05, 3.63) is 42.2 Å². The number of hydrogen-bond acceptors (Lipinski definition) is 1. The molecule has 1 atom stereocenters. The fourth-order valence-corrected chi connectivity index (χ4v) is 1.69. The first kappa shape index (κ1) is 7.53. The Morgan fingerprint density at radius 2 is 2.50 bits per heavy atom. The zero-order chi connectivity index (χ0) is 8.23. The van der Waals surface area contributed by atoms with Crippen LogP contribution >= 0.6 is 0 Å². The monoisotopic (exact) mass is 159 g/mol. The predicted molar refractivity (Wildman–Crippen MR) is 49.8 cm³/mol. The van der Waals surface area contributed by atoms with E-state index in [1.165, 1.54) is 18.4 Å². The highest BCUT2D eigenvalue weighted by Crippen LogP contribution is 2.20. The van der Waals surface area contributed by atoms with Crippen molar-refractivity contribution in [2.24, 2.45) is 5.92 Å². The molecule has 0 radical (unpaired) electrons. The summed E-state index contributed by atoms with van der Waals surface area (Å²) in [4.78, 5) is 4.10. The third kappa shape index (κ3) is 1.73. The highest BCUT2D eigenvalue weighted by atomic mass is 14.6. The Morgan fingerprint density at radius 1 is 1.50 bits per heavy atom. The van der Waals surface area contributed by atoms with Gasteiger partial charge in [0.1, 0.15) is 0 Å². The second-order valence-corrected chi connectivity index (χ2v) is 3.33. The quantitative estimate of drug-likeness (QED) is 0.604. The normalized spacial score (nSPS) is 21.5. The van der Waals surface area contributed by atoms with Crippen molar-refractivity contribution in [3.63, 3.8) is 0 Å². The minimum Gasteiger partial charge on any atom is -0.264 e. The molecule has 0 amide bonds. The maximum absolute atomic E-state index is 4.10. The summed E-state index contributed by atoms with van der Waals surface area (Å²) in [6.45, 7) is 0. The third-order valence-electron chi connectivity index (χ3n) is 2.33. The Kier molecular flexibility index (Phi) is 2.21. The minimum atomic E-state index is 0.759. The molecule has 1 unspecified atom stereocenters. The molecule has 62 valence electrons. The number of nitrogens with zero attached hydrogens (tertiary/aromatic N) is 1. The van der Waals surface area contributed by atoms with E-state index in [9.17, 15) is 0 Å². The zero-order valence-electron chi connectivity index (χ0n) is 7.11. The second-order valence-electron chi connectivity index (χ2n) is 3.33. The largest absolute Gasteiger partial charge is 0.264 e. The number of aromatic nitrogens is 1. The van der Waals surface area contributed by atoms with Gasteiger partial charge in [-0.25, -0.2) is 0 Å². The van der Waals surface area contributed by atoms with Crippen molar-refractivity contribution in [1.29, 1.82) is 0 Å². The highest BCUT2D eigenvalue weighted by molar-refractivity contribution is 5.12. The lowest BCUT2D eigenvalue weighted by molar-refractivity contribution is 0.629. The summed E-state index contributed by atoms with van der Waals surface area (Å²) in [6.07, 6.45) is 12.1. The summed E-state index contributed by atoms with van der Waals surface area (Å²) in [6, 6.07) is 4.16. The Morgan fingerprint density at radius 3 is 3.17 bits per heavy atom. The molecule has 1 heterocycles. The molecule has 0 N–H and O–H groups in total. The molecule has 1 heteroatoms. The van der Waals surface area contributed by atoms with Crippen LogP contribution in [-0.4, -0.2) is 4.98 Å². The second kappa shape index (κ2) is 3.53. The molecule has 2 rings (SSSR count). The van der Waals surface area contributed by atoms with Gasteiger partial charge in [0.05, 0.1) is 0 Å². The van der Waals surface area contributed by atoms with Gasteiger partial charge < -0.3 is 0 Å². The molecule has 0 spiro atoms. The fourth-order valence-electron chi connectivity index (χ4n) is 1.69. The lowest BCUT2D eigenvalue weighted by Gasteiger charge is -2.05. The molecule has 0 saturated carbocycles. The van der Waals surface area contributed by atoms with E-state index in [1.54, 1.807) is 0 Å².